The van der Waals surface area contributed by atoms with Crippen molar-refractivity contribution in [3.63, 3.8) is 0 Å². The molecule has 0 unspecified atom stereocenters. The maximum Gasteiger partial charge on any atom is 0.0896 e. The molecule has 0 radical (unpaired) electrons. The van der Waals surface area contributed by atoms with E-state index in [2.05, 4.69) is 0 Å². The zero-order valence-corrected chi connectivity index (χ0v) is 8.96. The van der Waals surface area contributed by atoms with Crippen LogP contribution in [0.25, 0.3) is 0 Å². The molecule has 1 aliphatic rings. The minimum Gasteiger partial charge on any atom is -0.732 e. The Hall–Kier alpha value is -1.56. The number of hydrogen-bond donors (Lipinski definition) is 1. The van der Waals surface area contributed by atoms with Gasteiger partial charge in [-0.1, -0.05) is 30.3 Å². The second-order valence-electron chi connectivity index (χ2n) is 3.55. The fourth-order valence-electron chi connectivity index (χ4n) is 1.55. The first-order valence-corrected chi connectivity index (χ1v) is 5.00. The van der Waals surface area contributed by atoms with Crippen LogP contribution in [-0.4, -0.2) is 22.0 Å². The van der Waals surface area contributed by atoms with Gasteiger partial charge in [-0.05, 0) is 12.5 Å². The molecular weight excluding hydrogens is 208 g/mol. The van der Waals surface area contributed by atoms with Gasteiger partial charge in [-0.2, -0.15) is 4.94 Å². The molecule has 1 N–H and O–H groups in total. The number of benzene rings is 1. The van der Waals surface area contributed by atoms with E-state index in [1.54, 1.807) is 6.92 Å². The van der Waals surface area contributed by atoms with Gasteiger partial charge in [-0.15, -0.1) is 0 Å². The van der Waals surface area contributed by atoms with Crippen molar-refractivity contribution in [2.45, 2.75) is 13.5 Å². The van der Waals surface area contributed by atoms with E-state index in [0.717, 1.165) is 5.56 Å². The predicted molar refractivity (Wildman–Crippen MR) is 58.1 cm³/mol. The van der Waals surface area contributed by atoms with Crippen LogP contribution in [0.2, 0.25) is 0 Å². The Bertz CT molecular complexity index is 391. The maximum atomic E-state index is 11.2. The van der Waals surface area contributed by atoms with Gasteiger partial charge in [0, 0.05) is 0 Å². The van der Waals surface area contributed by atoms with Gasteiger partial charge in [0.1, 0.15) is 0 Å². The zero-order chi connectivity index (χ0) is 11.5. The van der Waals surface area contributed by atoms with Crippen molar-refractivity contribution in [3.05, 3.63) is 52.5 Å². The average Bonchev–Trinajstić information content (AvgIpc) is 2.56. The Morgan fingerprint density at radius 2 is 2.00 bits per heavy atom. The van der Waals surface area contributed by atoms with E-state index in [4.69, 9.17) is 10.0 Å². The second-order valence-corrected chi connectivity index (χ2v) is 3.55. The van der Waals surface area contributed by atoms with Crippen molar-refractivity contribution < 1.29 is 10.0 Å². The van der Waals surface area contributed by atoms with Gasteiger partial charge >= 0.3 is 0 Å². The minimum atomic E-state index is -0.211. The highest BCUT2D eigenvalue weighted by atomic mass is 17.0. The van der Waals surface area contributed by atoms with Crippen LogP contribution in [-0.2, 0) is 11.5 Å². The fourth-order valence-corrected chi connectivity index (χ4v) is 1.55. The molecule has 0 saturated carbocycles. The van der Waals surface area contributed by atoms with Crippen LogP contribution in [0.5, 0.6) is 0 Å². The molecule has 5 nitrogen and oxygen atoms in total. The number of allylic oxidation sites excluding steroid dienone is 1. The smallest absolute Gasteiger partial charge is 0.0896 e. The van der Waals surface area contributed by atoms with Crippen LogP contribution < -0.4 is 0 Å². The predicted octanol–water partition coefficient (Wildman–Crippen LogP) is 1.37. The highest BCUT2D eigenvalue weighted by Crippen LogP contribution is 2.25. The molecule has 16 heavy (non-hydrogen) atoms. The molecule has 1 aliphatic heterocycles. The SMILES string of the molecule is CC1=C(CO)N(Cc2ccccc2)ON1[O-]. The van der Waals surface area contributed by atoms with Crippen molar-refractivity contribution in [1.82, 2.24) is 10.3 Å². The lowest BCUT2D eigenvalue weighted by molar-refractivity contribution is -0.250. The van der Waals surface area contributed by atoms with Crippen molar-refractivity contribution >= 4 is 0 Å². The van der Waals surface area contributed by atoms with Gasteiger partial charge in [0.05, 0.1) is 24.5 Å². The van der Waals surface area contributed by atoms with E-state index in [0.29, 0.717) is 23.2 Å². The van der Waals surface area contributed by atoms with Crippen molar-refractivity contribution in [3.8, 4) is 0 Å². The number of hydroxylamine groups is 4. The van der Waals surface area contributed by atoms with E-state index in [1.165, 1.54) is 5.06 Å². The standard InChI is InChI=1S/C11H13N2O3/c1-9-11(8-14)12(16-13(9)15)7-10-5-3-2-4-6-10/h2-6,14H,7-8H2,1H3/q-1. The Labute approximate surface area is 93.6 Å². The van der Waals surface area contributed by atoms with Gasteiger partial charge in [0.25, 0.3) is 0 Å². The summed E-state index contributed by atoms with van der Waals surface area (Å²) in [6.07, 6.45) is 0. The molecule has 0 fully saturated rings. The largest absolute Gasteiger partial charge is 0.732 e. The van der Waals surface area contributed by atoms with Gasteiger partial charge in [-0.25, -0.2) is 5.06 Å². The van der Waals surface area contributed by atoms with Crippen molar-refractivity contribution in [2.75, 3.05) is 6.61 Å². The number of hydrogen-bond acceptors (Lipinski definition) is 5. The fraction of sp³-hybridized carbons (Fsp3) is 0.273. The molecule has 86 valence electrons. The number of aliphatic hydroxyl groups excluding tert-OH is 1. The van der Waals surface area contributed by atoms with E-state index >= 15 is 0 Å². The number of aliphatic hydroxyl groups is 1. The Morgan fingerprint density at radius 3 is 2.62 bits per heavy atom. The molecule has 0 spiro atoms. The molecule has 0 bridgehead atoms. The molecule has 0 saturated heterocycles. The summed E-state index contributed by atoms with van der Waals surface area (Å²) >= 11 is 0. The van der Waals surface area contributed by atoms with Gasteiger partial charge in [0.2, 0.25) is 0 Å². The average molecular weight is 221 g/mol. The summed E-state index contributed by atoms with van der Waals surface area (Å²) in [5.74, 6) is 0. The lowest BCUT2D eigenvalue weighted by Crippen LogP contribution is -2.22. The topological polar surface area (TPSA) is 59.0 Å². The summed E-state index contributed by atoms with van der Waals surface area (Å²) in [6.45, 7) is 1.84. The third-order valence-electron chi connectivity index (χ3n) is 2.48. The monoisotopic (exact) mass is 221 g/mol. The molecule has 0 aliphatic carbocycles. The molecule has 1 aromatic carbocycles. The van der Waals surface area contributed by atoms with Crippen molar-refractivity contribution in [1.29, 1.82) is 0 Å². The summed E-state index contributed by atoms with van der Waals surface area (Å²) in [6, 6.07) is 9.61. The molecule has 0 aromatic heterocycles. The maximum absolute atomic E-state index is 11.2. The van der Waals surface area contributed by atoms with Gasteiger partial charge < -0.3 is 10.3 Å². The van der Waals surface area contributed by atoms with Gasteiger partial charge in [0.15, 0.2) is 0 Å². The molecular formula is C11H13N2O3-. The molecule has 0 amide bonds. The molecule has 1 heterocycles. The third-order valence-corrected chi connectivity index (χ3v) is 2.48. The zero-order valence-electron chi connectivity index (χ0n) is 8.96. The number of rotatable bonds is 3. The quantitative estimate of drug-likeness (QED) is 0.835. The second kappa shape index (κ2) is 4.52. The Morgan fingerprint density at radius 1 is 1.31 bits per heavy atom. The first-order valence-electron chi connectivity index (χ1n) is 5.00. The summed E-state index contributed by atoms with van der Waals surface area (Å²) < 4.78 is 0. The van der Waals surface area contributed by atoms with E-state index in [1.807, 2.05) is 30.3 Å². The molecule has 5 heteroatoms. The summed E-state index contributed by atoms with van der Waals surface area (Å²) in [4.78, 5) is 4.96. The van der Waals surface area contributed by atoms with Crippen LogP contribution in [0, 0.1) is 5.21 Å². The van der Waals surface area contributed by atoms with Crippen LogP contribution in [0.4, 0.5) is 0 Å². The van der Waals surface area contributed by atoms with Crippen LogP contribution in [0.15, 0.2) is 41.7 Å². The molecule has 1 aromatic rings. The third kappa shape index (κ3) is 2.01. The van der Waals surface area contributed by atoms with Crippen LogP contribution >= 0.6 is 0 Å². The Balaban J connectivity index is 2.13. The first-order chi connectivity index (χ1) is 7.72. The lowest BCUT2D eigenvalue weighted by Gasteiger charge is -2.25. The van der Waals surface area contributed by atoms with E-state index < -0.39 is 0 Å². The van der Waals surface area contributed by atoms with Crippen molar-refractivity contribution in [2.24, 2.45) is 0 Å². The minimum absolute atomic E-state index is 0.211. The number of nitrogens with zero attached hydrogens (tertiary/aromatic N) is 2. The highest BCUT2D eigenvalue weighted by Gasteiger charge is 2.22. The normalized spacial score (nSPS) is 16.2. The van der Waals surface area contributed by atoms with E-state index in [9.17, 15) is 5.21 Å². The highest BCUT2D eigenvalue weighted by molar-refractivity contribution is 5.18. The van der Waals surface area contributed by atoms with Crippen LogP contribution in [0.1, 0.15) is 12.5 Å². The summed E-state index contributed by atoms with van der Waals surface area (Å²) in [5, 5.41) is 22.2. The summed E-state index contributed by atoms with van der Waals surface area (Å²) in [5.41, 5.74) is 1.90. The first kappa shape index (κ1) is 10.9. The van der Waals surface area contributed by atoms with E-state index in [-0.39, 0.29) is 6.61 Å². The van der Waals surface area contributed by atoms with Gasteiger partial charge in [-0.3, -0.25) is 5.23 Å². The lowest BCUT2D eigenvalue weighted by atomic mass is 10.2. The summed E-state index contributed by atoms with van der Waals surface area (Å²) in [7, 11) is 0. The Kier molecular flexibility index (Phi) is 3.09. The van der Waals surface area contributed by atoms with Crippen LogP contribution in [0.3, 0.4) is 0 Å². The molecule has 0 atom stereocenters. The molecule has 2 rings (SSSR count).